The molecule has 3 aromatic rings. The minimum Gasteiger partial charge on any atom is -0.326 e. The molecule has 1 N–H and O–H groups in total. The first-order valence-corrected chi connectivity index (χ1v) is 13.0. The molecule has 0 radical (unpaired) electrons. The lowest BCUT2D eigenvalue weighted by molar-refractivity contribution is -0.128. The lowest BCUT2D eigenvalue weighted by atomic mass is 9.54. The molecule has 3 nitrogen and oxygen atoms in total. The zero-order valence-electron chi connectivity index (χ0n) is 20.3. The van der Waals surface area contributed by atoms with Gasteiger partial charge in [0.1, 0.15) is 5.82 Å². The fourth-order valence-corrected chi connectivity index (χ4v) is 6.12. The van der Waals surface area contributed by atoms with Crippen LogP contribution in [0.1, 0.15) is 91.0 Å². The first kappa shape index (κ1) is 23.0. The van der Waals surface area contributed by atoms with Crippen molar-refractivity contribution in [3.05, 3.63) is 71.7 Å². The minimum absolute atomic E-state index is 0. The predicted octanol–water partition coefficient (Wildman–Crippen LogP) is 8.46. The second kappa shape index (κ2) is 9.48. The first-order chi connectivity index (χ1) is 16.6. The van der Waals surface area contributed by atoms with Gasteiger partial charge in [-0.1, -0.05) is 26.0 Å². The highest BCUT2D eigenvalue weighted by atomic mass is 19.1. The molecule has 2 aromatic carbocycles. The first-order valence-electron chi connectivity index (χ1n) is 13.0. The lowest BCUT2D eigenvalue weighted by Gasteiger charge is -2.51. The molecule has 1 heterocycles. The molecule has 0 saturated heterocycles. The number of fused-ring (bicyclic) bond motifs is 1. The van der Waals surface area contributed by atoms with E-state index in [4.69, 9.17) is 0 Å². The van der Waals surface area contributed by atoms with Gasteiger partial charge in [-0.05, 0) is 116 Å². The van der Waals surface area contributed by atoms with Crippen LogP contribution in [0.2, 0.25) is 0 Å². The molecular formula is C30H39FN2O. The summed E-state index contributed by atoms with van der Waals surface area (Å²) in [5.41, 5.74) is 4.73. The van der Waals surface area contributed by atoms with E-state index < -0.39 is 0 Å². The lowest BCUT2D eigenvalue weighted by Crippen LogP contribution is -2.45. The van der Waals surface area contributed by atoms with Crippen LogP contribution in [0.3, 0.4) is 0 Å². The highest BCUT2D eigenvalue weighted by molar-refractivity contribution is 5.93. The van der Waals surface area contributed by atoms with Crippen LogP contribution < -0.4 is 5.32 Å². The normalized spacial score (nSPS) is 25.9. The van der Waals surface area contributed by atoms with Crippen LogP contribution in [0, 0.1) is 17.2 Å². The number of nitrogens with one attached hydrogen (secondary N) is 1. The average Bonchev–Trinajstić information content (AvgIpc) is 3.70. The van der Waals surface area contributed by atoms with Crippen LogP contribution in [-0.4, -0.2) is 10.9 Å². The summed E-state index contributed by atoms with van der Waals surface area (Å²) < 4.78 is 13.8. The predicted molar refractivity (Wildman–Crippen MR) is 141 cm³/mol. The zero-order valence-corrected chi connectivity index (χ0v) is 20.3. The Kier molecular flexibility index (Phi) is 6.42. The number of hydrogen-bond donors (Lipinski definition) is 1. The van der Waals surface area contributed by atoms with Crippen molar-refractivity contribution < 1.29 is 12.0 Å². The summed E-state index contributed by atoms with van der Waals surface area (Å²) in [6.07, 6.45) is 10.9. The van der Waals surface area contributed by atoms with Crippen LogP contribution in [-0.2, 0) is 4.79 Å². The van der Waals surface area contributed by atoms with Crippen molar-refractivity contribution in [3.8, 4) is 0 Å². The molecule has 1 aromatic heterocycles. The molecule has 34 heavy (non-hydrogen) atoms. The Labute approximate surface area is 205 Å². The summed E-state index contributed by atoms with van der Waals surface area (Å²) in [5, 5.41) is 4.08. The Morgan fingerprint density at radius 2 is 1.68 bits per heavy atom. The summed E-state index contributed by atoms with van der Waals surface area (Å²) in [6, 6.07) is 15.4. The third-order valence-corrected chi connectivity index (χ3v) is 8.18. The third-order valence-electron chi connectivity index (χ3n) is 8.18. The summed E-state index contributed by atoms with van der Waals surface area (Å²) in [6.45, 7) is 4.00. The number of amides is 1. The van der Waals surface area contributed by atoms with Crippen LogP contribution in [0.25, 0.3) is 10.9 Å². The number of carbonyl (C=O) groups is 1. The van der Waals surface area contributed by atoms with Gasteiger partial charge in [-0.2, -0.15) is 0 Å². The number of anilines is 1. The highest BCUT2D eigenvalue weighted by Crippen LogP contribution is 2.57. The maximum Gasteiger partial charge on any atom is 0.227 e. The van der Waals surface area contributed by atoms with Crippen molar-refractivity contribution in [1.82, 2.24) is 4.98 Å². The maximum absolute atomic E-state index is 13.8. The van der Waals surface area contributed by atoms with Crippen LogP contribution in [0.15, 0.2) is 54.7 Å². The second-order valence-electron chi connectivity index (χ2n) is 10.3. The van der Waals surface area contributed by atoms with Gasteiger partial charge in [0.25, 0.3) is 0 Å². The van der Waals surface area contributed by atoms with Crippen LogP contribution in [0.4, 0.5) is 10.1 Å². The Balaban J connectivity index is 0.000000882. The van der Waals surface area contributed by atoms with Gasteiger partial charge in [0.2, 0.25) is 5.91 Å². The molecule has 1 spiro atoms. The Bertz CT molecular complexity index is 1160. The van der Waals surface area contributed by atoms with Gasteiger partial charge in [0.15, 0.2) is 0 Å². The summed E-state index contributed by atoms with van der Waals surface area (Å²) in [4.78, 5) is 17.2. The van der Waals surface area contributed by atoms with E-state index >= 15 is 0 Å². The molecular weight excluding hydrogens is 423 g/mol. The molecule has 0 unspecified atom stereocenters. The quantitative estimate of drug-likeness (QED) is 0.422. The molecule has 0 atom stereocenters. The van der Waals surface area contributed by atoms with E-state index in [0.717, 1.165) is 61.0 Å². The minimum atomic E-state index is -0.200. The van der Waals surface area contributed by atoms with E-state index in [-0.39, 0.29) is 20.5 Å². The standard InChI is InChI=1S/C28H29FN2O.C2H6.2H2/c29-22-5-8-26-25(15-22)24(11-14-30-26)20-9-12-28(13-10-20)16-21(17-28)27(32)31-23-6-3-19(4-7-23)18-1-2-18;1-2;;/h3-8,11,14-15,18,20-21H,1-2,9-10,12-13,16-17H2,(H,31,32);1-2H3;2*1H. The van der Waals surface area contributed by atoms with E-state index in [1.807, 2.05) is 32.2 Å². The smallest absolute Gasteiger partial charge is 0.227 e. The molecule has 4 heteroatoms. The van der Waals surface area contributed by atoms with E-state index in [1.54, 1.807) is 12.1 Å². The van der Waals surface area contributed by atoms with Crippen molar-refractivity contribution in [1.29, 1.82) is 0 Å². The number of rotatable bonds is 4. The summed E-state index contributed by atoms with van der Waals surface area (Å²) in [5.74, 6) is 1.29. The molecule has 3 aliphatic carbocycles. The number of halogens is 1. The monoisotopic (exact) mass is 462 g/mol. The Morgan fingerprint density at radius 1 is 0.971 bits per heavy atom. The molecule has 6 rings (SSSR count). The van der Waals surface area contributed by atoms with Gasteiger partial charge in [-0.15, -0.1) is 0 Å². The second-order valence-corrected chi connectivity index (χ2v) is 10.3. The van der Waals surface area contributed by atoms with Gasteiger partial charge in [0.05, 0.1) is 5.52 Å². The van der Waals surface area contributed by atoms with Gasteiger partial charge in [-0.3, -0.25) is 9.78 Å². The van der Waals surface area contributed by atoms with Crippen molar-refractivity contribution >= 4 is 22.5 Å². The van der Waals surface area contributed by atoms with Gasteiger partial charge in [0, 0.05) is 26.0 Å². The highest BCUT2D eigenvalue weighted by Gasteiger charge is 2.48. The number of aromatic nitrogens is 1. The van der Waals surface area contributed by atoms with Crippen molar-refractivity contribution in [2.75, 3.05) is 5.32 Å². The van der Waals surface area contributed by atoms with Crippen molar-refractivity contribution in [3.63, 3.8) is 0 Å². The Morgan fingerprint density at radius 3 is 2.35 bits per heavy atom. The van der Waals surface area contributed by atoms with Crippen LogP contribution >= 0.6 is 0 Å². The Hall–Kier alpha value is -2.75. The molecule has 3 fully saturated rings. The van der Waals surface area contributed by atoms with E-state index in [0.29, 0.717) is 11.3 Å². The largest absolute Gasteiger partial charge is 0.326 e. The molecule has 0 aliphatic heterocycles. The topological polar surface area (TPSA) is 42.0 Å². The molecule has 0 bridgehead atoms. The maximum atomic E-state index is 13.8. The van der Waals surface area contributed by atoms with Crippen LogP contribution in [0.5, 0.6) is 0 Å². The van der Waals surface area contributed by atoms with E-state index in [1.165, 1.54) is 30.0 Å². The van der Waals surface area contributed by atoms with Gasteiger partial charge in [-0.25, -0.2) is 4.39 Å². The number of nitrogens with zero attached hydrogens (tertiary/aromatic N) is 1. The molecule has 182 valence electrons. The number of carbonyl (C=O) groups excluding carboxylic acids is 1. The van der Waals surface area contributed by atoms with E-state index in [9.17, 15) is 9.18 Å². The summed E-state index contributed by atoms with van der Waals surface area (Å²) >= 11 is 0. The molecule has 3 saturated carbocycles. The number of pyridine rings is 1. The van der Waals surface area contributed by atoms with E-state index in [2.05, 4.69) is 28.5 Å². The number of benzene rings is 2. The van der Waals surface area contributed by atoms with Crippen molar-refractivity contribution in [2.45, 2.75) is 77.0 Å². The fourth-order valence-electron chi connectivity index (χ4n) is 6.12. The fraction of sp³-hybridized carbons (Fsp3) is 0.467. The zero-order chi connectivity index (χ0) is 23.7. The van der Waals surface area contributed by atoms with Gasteiger partial charge >= 0.3 is 0 Å². The number of hydrogen-bond acceptors (Lipinski definition) is 2. The SMILES string of the molecule is CC.O=C(Nc1ccc(C2CC2)cc1)C1CC2(CCC(c3ccnc4ccc(F)cc34)CC2)C1.[HH].[HH]. The average molecular weight is 463 g/mol. The molecule has 3 aliphatic rings. The summed E-state index contributed by atoms with van der Waals surface area (Å²) in [7, 11) is 0. The van der Waals surface area contributed by atoms with Gasteiger partial charge < -0.3 is 5.32 Å². The molecule has 1 amide bonds. The van der Waals surface area contributed by atoms with Crippen molar-refractivity contribution in [2.24, 2.45) is 11.3 Å². The third kappa shape index (κ3) is 4.60.